The van der Waals surface area contributed by atoms with Crippen LogP contribution in [0.5, 0.6) is 0 Å². The van der Waals surface area contributed by atoms with Crippen molar-refractivity contribution in [1.29, 1.82) is 0 Å². The molecule has 154 valence electrons. The van der Waals surface area contributed by atoms with Gasteiger partial charge in [-0.2, -0.15) is 0 Å². The minimum atomic E-state index is -0.952. The molecule has 0 amide bonds. The second-order valence-corrected chi connectivity index (χ2v) is 7.09. The van der Waals surface area contributed by atoms with Crippen LogP contribution in [-0.4, -0.2) is 31.6 Å². The van der Waals surface area contributed by atoms with Gasteiger partial charge in [0.05, 0.1) is 5.56 Å². The van der Waals surface area contributed by atoms with Crippen LogP contribution in [0.2, 0.25) is 0 Å². The Morgan fingerprint density at radius 3 is 2.26 bits per heavy atom. The van der Waals surface area contributed by atoms with Crippen molar-refractivity contribution in [2.24, 2.45) is 0 Å². The highest BCUT2D eigenvalue weighted by atomic mass is 16.4. The van der Waals surface area contributed by atoms with Gasteiger partial charge in [0.2, 0.25) is 11.6 Å². The molecule has 0 aliphatic carbocycles. The third kappa shape index (κ3) is 4.28. The maximum Gasteiger partial charge on any atom is 0.336 e. The summed E-state index contributed by atoms with van der Waals surface area (Å²) >= 11 is 0. The molecule has 1 heterocycles. The van der Waals surface area contributed by atoms with Crippen molar-refractivity contribution in [3.05, 3.63) is 107 Å². The number of carboxylic acids is 1. The van der Waals surface area contributed by atoms with Gasteiger partial charge in [-0.3, -0.25) is 4.79 Å². The predicted octanol–water partition coefficient (Wildman–Crippen LogP) is 4.49. The third-order valence-corrected chi connectivity index (χ3v) is 5.07. The smallest absolute Gasteiger partial charge is 0.336 e. The second kappa shape index (κ2) is 8.75. The fourth-order valence-corrected chi connectivity index (χ4v) is 3.48. The summed E-state index contributed by atoms with van der Waals surface area (Å²) in [4.78, 5) is 28.7. The summed E-state index contributed by atoms with van der Waals surface area (Å²) in [5.74, 6) is -0.253. The molecule has 0 aliphatic rings. The summed E-state index contributed by atoms with van der Waals surface area (Å²) in [6.07, 6.45) is 0.518. The van der Waals surface area contributed by atoms with E-state index in [9.17, 15) is 14.7 Å². The molecule has 0 spiro atoms. The van der Waals surface area contributed by atoms with Crippen molar-refractivity contribution < 1.29 is 14.7 Å². The fraction of sp³-hybridized carbons (Fsp3) is 0.120. The summed E-state index contributed by atoms with van der Waals surface area (Å²) in [5, 5.41) is 13.8. The SMILES string of the molecule is CCn1nc(C(=O)c2ccccc2)nc1Cc1ccc(-c2ccccc2C(=O)O)cc1. The summed E-state index contributed by atoms with van der Waals surface area (Å²) in [6, 6.07) is 23.6. The van der Waals surface area contributed by atoms with Gasteiger partial charge in [0.25, 0.3) is 0 Å². The summed E-state index contributed by atoms with van der Waals surface area (Å²) < 4.78 is 1.74. The van der Waals surface area contributed by atoms with Crippen LogP contribution in [0.25, 0.3) is 11.1 Å². The van der Waals surface area contributed by atoms with Crippen LogP contribution in [0.3, 0.4) is 0 Å². The summed E-state index contributed by atoms with van der Waals surface area (Å²) in [6.45, 7) is 2.56. The van der Waals surface area contributed by atoms with Gasteiger partial charge in [0, 0.05) is 18.5 Å². The van der Waals surface area contributed by atoms with Crippen LogP contribution in [0.4, 0.5) is 0 Å². The van der Waals surface area contributed by atoms with Crippen molar-refractivity contribution in [1.82, 2.24) is 14.8 Å². The normalized spacial score (nSPS) is 10.7. The standard InChI is InChI=1S/C25H21N3O3/c1-2-28-22(26-24(27-28)23(29)19-8-4-3-5-9-19)16-17-12-14-18(15-13-17)20-10-6-7-11-21(20)25(30)31/h3-15H,2,16H2,1H3,(H,30,31). The van der Waals surface area contributed by atoms with E-state index in [0.717, 1.165) is 11.1 Å². The molecule has 31 heavy (non-hydrogen) atoms. The number of nitrogens with zero attached hydrogens (tertiary/aromatic N) is 3. The molecule has 0 saturated heterocycles. The Morgan fingerprint density at radius 2 is 1.58 bits per heavy atom. The highest BCUT2D eigenvalue weighted by molar-refractivity contribution is 6.06. The van der Waals surface area contributed by atoms with E-state index in [-0.39, 0.29) is 17.2 Å². The maximum atomic E-state index is 12.7. The minimum absolute atomic E-state index is 0.190. The van der Waals surface area contributed by atoms with Crippen molar-refractivity contribution in [2.45, 2.75) is 19.9 Å². The van der Waals surface area contributed by atoms with Gasteiger partial charge in [-0.1, -0.05) is 72.8 Å². The van der Waals surface area contributed by atoms with E-state index in [4.69, 9.17) is 0 Å². The van der Waals surface area contributed by atoms with E-state index in [1.54, 1.807) is 35.0 Å². The van der Waals surface area contributed by atoms with Crippen LogP contribution < -0.4 is 0 Å². The van der Waals surface area contributed by atoms with Gasteiger partial charge in [-0.15, -0.1) is 5.10 Å². The monoisotopic (exact) mass is 411 g/mol. The zero-order chi connectivity index (χ0) is 21.8. The van der Waals surface area contributed by atoms with Crippen LogP contribution in [0, 0.1) is 0 Å². The molecule has 0 aliphatic heterocycles. The largest absolute Gasteiger partial charge is 0.478 e. The number of carbonyl (C=O) groups is 2. The van der Waals surface area contributed by atoms with Crippen molar-refractivity contribution >= 4 is 11.8 Å². The molecule has 1 N–H and O–H groups in total. The molecule has 1 aromatic heterocycles. The molecule has 0 unspecified atom stereocenters. The number of benzene rings is 3. The minimum Gasteiger partial charge on any atom is -0.478 e. The van der Waals surface area contributed by atoms with Crippen molar-refractivity contribution in [2.75, 3.05) is 0 Å². The van der Waals surface area contributed by atoms with Gasteiger partial charge >= 0.3 is 5.97 Å². The van der Waals surface area contributed by atoms with Gasteiger partial charge in [0.15, 0.2) is 0 Å². The lowest BCUT2D eigenvalue weighted by atomic mass is 9.98. The summed E-state index contributed by atoms with van der Waals surface area (Å²) in [7, 11) is 0. The molecule has 0 atom stereocenters. The molecule has 6 heteroatoms. The molecule has 4 aromatic rings. The van der Waals surface area contributed by atoms with Crippen molar-refractivity contribution in [3.8, 4) is 11.1 Å². The first-order valence-electron chi connectivity index (χ1n) is 10.0. The molecular weight excluding hydrogens is 390 g/mol. The van der Waals surface area contributed by atoms with E-state index in [1.165, 1.54) is 0 Å². The highest BCUT2D eigenvalue weighted by Gasteiger charge is 2.18. The summed E-state index contributed by atoms with van der Waals surface area (Å²) in [5.41, 5.74) is 3.33. The molecule has 0 saturated carbocycles. The topological polar surface area (TPSA) is 85.1 Å². The van der Waals surface area contributed by atoms with Gasteiger partial charge in [-0.25, -0.2) is 14.5 Å². The van der Waals surface area contributed by atoms with Gasteiger partial charge in [0.1, 0.15) is 5.82 Å². The average molecular weight is 411 g/mol. The van der Waals surface area contributed by atoms with E-state index in [2.05, 4.69) is 10.1 Å². The Morgan fingerprint density at radius 1 is 0.903 bits per heavy atom. The van der Waals surface area contributed by atoms with Crippen molar-refractivity contribution in [3.63, 3.8) is 0 Å². The Balaban J connectivity index is 1.58. The second-order valence-electron chi connectivity index (χ2n) is 7.09. The lowest BCUT2D eigenvalue weighted by Gasteiger charge is -2.08. The number of hydrogen-bond donors (Lipinski definition) is 1. The lowest BCUT2D eigenvalue weighted by molar-refractivity contribution is 0.0697. The van der Waals surface area contributed by atoms with Gasteiger partial charge in [-0.05, 0) is 29.7 Å². The Kier molecular flexibility index (Phi) is 5.71. The molecule has 0 radical (unpaired) electrons. The maximum absolute atomic E-state index is 12.7. The van der Waals surface area contributed by atoms with E-state index in [0.29, 0.717) is 29.9 Å². The number of rotatable bonds is 7. The van der Waals surface area contributed by atoms with Crippen LogP contribution >= 0.6 is 0 Å². The Labute approximate surface area is 179 Å². The highest BCUT2D eigenvalue weighted by Crippen LogP contribution is 2.24. The zero-order valence-electron chi connectivity index (χ0n) is 17.0. The third-order valence-electron chi connectivity index (χ3n) is 5.07. The number of carboxylic acid groups (broad SMARTS) is 1. The first kappa shape index (κ1) is 20.2. The zero-order valence-corrected chi connectivity index (χ0v) is 17.0. The van der Waals surface area contributed by atoms with Gasteiger partial charge < -0.3 is 5.11 Å². The fourth-order valence-electron chi connectivity index (χ4n) is 3.48. The quantitative estimate of drug-likeness (QED) is 0.453. The molecule has 0 bridgehead atoms. The Hall–Kier alpha value is -4.06. The predicted molar refractivity (Wildman–Crippen MR) is 117 cm³/mol. The molecule has 6 nitrogen and oxygen atoms in total. The van der Waals surface area contributed by atoms with E-state index in [1.807, 2.05) is 55.5 Å². The molecule has 4 rings (SSSR count). The number of aryl methyl sites for hydroxylation is 1. The first-order chi connectivity index (χ1) is 15.1. The lowest BCUT2D eigenvalue weighted by Crippen LogP contribution is -2.05. The number of aromatic nitrogens is 3. The van der Waals surface area contributed by atoms with E-state index < -0.39 is 5.97 Å². The number of aromatic carboxylic acids is 1. The molecule has 3 aromatic carbocycles. The van der Waals surface area contributed by atoms with E-state index >= 15 is 0 Å². The van der Waals surface area contributed by atoms with Crippen LogP contribution in [0.1, 0.15) is 44.9 Å². The first-order valence-corrected chi connectivity index (χ1v) is 10.0. The number of ketones is 1. The number of hydrogen-bond acceptors (Lipinski definition) is 4. The van der Waals surface area contributed by atoms with Crippen LogP contribution in [0.15, 0.2) is 78.9 Å². The molecule has 0 fully saturated rings. The average Bonchev–Trinajstić information content (AvgIpc) is 3.22. The number of carbonyl (C=O) groups excluding carboxylic acids is 1. The van der Waals surface area contributed by atoms with Crippen LogP contribution in [-0.2, 0) is 13.0 Å². The molecular formula is C25H21N3O3. The Bertz CT molecular complexity index is 1230.